The second kappa shape index (κ2) is 6.82. The molecule has 3 N–H and O–H groups in total. The van der Waals surface area contributed by atoms with E-state index < -0.39 is 0 Å². The number of anilines is 1. The number of hydrogen-bond donors (Lipinski definition) is 2. The molecule has 0 atom stereocenters. The summed E-state index contributed by atoms with van der Waals surface area (Å²) in [6.07, 6.45) is 5.36. The van der Waals surface area contributed by atoms with Crippen LogP contribution >= 0.6 is 12.2 Å². The first-order chi connectivity index (χ1) is 9.19. The van der Waals surface area contributed by atoms with Crippen LogP contribution in [0.5, 0.6) is 0 Å². The average molecular weight is 278 g/mol. The standard InChI is InChI=1S/C14H22N4S/c1-2-7-18-8-4-11(5-9-18)17-12-3-6-16-13(10-12)14(15)19/h3,6,10-11H,2,4-5,7-9H2,1H3,(H2,15,19)(H,16,17). The lowest BCUT2D eigenvalue weighted by molar-refractivity contribution is 0.219. The molecule has 1 aliphatic rings. The van der Waals surface area contributed by atoms with Gasteiger partial charge in [0, 0.05) is 31.0 Å². The first kappa shape index (κ1) is 14.2. The number of hydrogen-bond acceptors (Lipinski definition) is 4. The number of rotatable bonds is 5. The molecule has 1 aromatic heterocycles. The monoisotopic (exact) mass is 278 g/mol. The van der Waals surface area contributed by atoms with Crippen molar-refractivity contribution in [3.05, 3.63) is 24.0 Å². The van der Waals surface area contributed by atoms with Crippen LogP contribution in [0.3, 0.4) is 0 Å². The highest BCUT2D eigenvalue weighted by Crippen LogP contribution is 2.17. The van der Waals surface area contributed by atoms with Gasteiger partial charge < -0.3 is 16.0 Å². The molecule has 1 saturated heterocycles. The van der Waals surface area contributed by atoms with Crippen molar-refractivity contribution in [2.45, 2.75) is 32.2 Å². The Balaban J connectivity index is 1.88. The lowest BCUT2D eigenvalue weighted by atomic mass is 10.0. The third-order valence-corrected chi connectivity index (χ3v) is 3.72. The fraction of sp³-hybridized carbons (Fsp3) is 0.571. The summed E-state index contributed by atoms with van der Waals surface area (Å²) in [4.78, 5) is 7.04. The number of thiocarbonyl (C=S) groups is 1. The number of likely N-dealkylation sites (tertiary alicyclic amines) is 1. The molecule has 1 aromatic rings. The Labute approximate surface area is 120 Å². The van der Waals surface area contributed by atoms with E-state index in [1.807, 2.05) is 12.1 Å². The van der Waals surface area contributed by atoms with E-state index in [9.17, 15) is 0 Å². The summed E-state index contributed by atoms with van der Waals surface area (Å²) < 4.78 is 0. The fourth-order valence-corrected chi connectivity index (χ4v) is 2.62. The predicted molar refractivity (Wildman–Crippen MR) is 83.5 cm³/mol. The lowest BCUT2D eigenvalue weighted by Crippen LogP contribution is -2.39. The quantitative estimate of drug-likeness (QED) is 0.807. The average Bonchev–Trinajstić information content (AvgIpc) is 2.42. The van der Waals surface area contributed by atoms with Crippen LogP contribution in [0.15, 0.2) is 18.3 Å². The fourth-order valence-electron chi connectivity index (χ4n) is 2.51. The summed E-state index contributed by atoms with van der Waals surface area (Å²) in [6, 6.07) is 4.44. The number of aromatic nitrogens is 1. The number of nitrogens with one attached hydrogen (secondary N) is 1. The van der Waals surface area contributed by atoms with E-state index in [0.29, 0.717) is 16.7 Å². The van der Waals surface area contributed by atoms with E-state index in [1.54, 1.807) is 6.20 Å². The van der Waals surface area contributed by atoms with Crippen molar-refractivity contribution in [2.75, 3.05) is 25.0 Å². The van der Waals surface area contributed by atoms with Crippen molar-refractivity contribution >= 4 is 22.9 Å². The molecule has 5 heteroatoms. The van der Waals surface area contributed by atoms with Crippen molar-refractivity contribution in [3.63, 3.8) is 0 Å². The molecule has 0 saturated carbocycles. The van der Waals surface area contributed by atoms with Crippen molar-refractivity contribution < 1.29 is 0 Å². The van der Waals surface area contributed by atoms with Gasteiger partial charge in [0.25, 0.3) is 0 Å². The van der Waals surface area contributed by atoms with Crippen LogP contribution in [0, 0.1) is 0 Å². The second-order valence-corrected chi connectivity index (χ2v) is 5.49. The lowest BCUT2D eigenvalue weighted by Gasteiger charge is -2.32. The molecule has 0 amide bonds. The van der Waals surface area contributed by atoms with Gasteiger partial charge in [-0.15, -0.1) is 0 Å². The maximum Gasteiger partial charge on any atom is 0.122 e. The molecule has 0 bridgehead atoms. The minimum atomic E-state index is 0.349. The van der Waals surface area contributed by atoms with Crippen molar-refractivity contribution in [2.24, 2.45) is 5.73 Å². The molecule has 2 heterocycles. The van der Waals surface area contributed by atoms with Gasteiger partial charge >= 0.3 is 0 Å². The highest BCUT2D eigenvalue weighted by atomic mass is 32.1. The zero-order valence-electron chi connectivity index (χ0n) is 11.4. The van der Waals surface area contributed by atoms with Gasteiger partial charge in [-0.25, -0.2) is 0 Å². The maximum atomic E-state index is 5.60. The van der Waals surface area contributed by atoms with Crippen molar-refractivity contribution in [1.82, 2.24) is 9.88 Å². The number of nitrogens with zero attached hydrogens (tertiary/aromatic N) is 2. The minimum absolute atomic E-state index is 0.349. The van der Waals surface area contributed by atoms with E-state index in [2.05, 4.69) is 22.1 Å². The van der Waals surface area contributed by atoms with E-state index in [0.717, 1.165) is 5.69 Å². The third-order valence-electron chi connectivity index (χ3n) is 3.51. The smallest absolute Gasteiger partial charge is 0.122 e. The van der Waals surface area contributed by atoms with Crippen LogP contribution in [0.1, 0.15) is 31.9 Å². The first-order valence-corrected chi connectivity index (χ1v) is 7.34. The summed E-state index contributed by atoms with van der Waals surface area (Å²) in [6.45, 7) is 5.81. The molecule has 1 fully saturated rings. The highest BCUT2D eigenvalue weighted by molar-refractivity contribution is 7.80. The van der Waals surface area contributed by atoms with E-state index in [1.165, 1.54) is 38.9 Å². The Morgan fingerprint density at radius 1 is 1.53 bits per heavy atom. The zero-order chi connectivity index (χ0) is 13.7. The van der Waals surface area contributed by atoms with Gasteiger partial charge in [-0.3, -0.25) is 4.98 Å². The summed E-state index contributed by atoms with van der Waals surface area (Å²) in [7, 11) is 0. The van der Waals surface area contributed by atoms with Gasteiger partial charge in [-0.1, -0.05) is 19.1 Å². The van der Waals surface area contributed by atoms with Crippen molar-refractivity contribution in [1.29, 1.82) is 0 Å². The van der Waals surface area contributed by atoms with Gasteiger partial charge in [0.05, 0.1) is 5.69 Å². The molecular formula is C14H22N4S. The molecule has 104 valence electrons. The molecule has 0 aromatic carbocycles. The van der Waals surface area contributed by atoms with E-state index >= 15 is 0 Å². The minimum Gasteiger partial charge on any atom is -0.388 e. The van der Waals surface area contributed by atoms with Gasteiger partial charge in [0.2, 0.25) is 0 Å². The normalized spacial score (nSPS) is 17.3. The van der Waals surface area contributed by atoms with Crippen LogP contribution in [0.25, 0.3) is 0 Å². The number of nitrogens with two attached hydrogens (primary N) is 1. The van der Waals surface area contributed by atoms with Crippen LogP contribution < -0.4 is 11.1 Å². The molecule has 0 unspecified atom stereocenters. The second-order valence-electron chi connectivity index (χ2n) is 5.05. The van der Waals surface area contributed by atoms with E-state index in [4.69, 9.17) is 18.0 Å². The summed E-state index contributed by atoms with van der Waals surface area (Å²) in [5, 5.41) is 3.56. The number of pyridine rings is 1. The highest BCUT2D eigenvalue weighted by Gasteiger charge is 2.18. The van der Waals surface area contributed by atoms with Crippen LogP contribution in [0.4, 0.5) is 5.69 Å². The predicted octanol–water partition coefficient (Wildman–Crippen LogP) is 2.00. The summed E-state index contributed by atoms with van der Waals surface area (Å²) >= 11 is 4.95. The number of piperidine rings is 1. The van der Waals surface area contributed by atoms with E-state index in [-0.39, 0.29) is 0 Å². The van der Waals surface area contributed by atoms with Crippen LogP contribution in [-0.2, 0) is 0 Å². The maximum absolute atomic E-state index is 5.60. The largest absolute Gasteiger partial charge is 0.388 e. The Kier molecular flexibility index (Phi) is 5.10. The Morgan fingerprint density at radius 3 is 2.89 bits per heavy atom. The zero-order valence-corrected chi connectivity index (χ0v) is 12.2. The summed E-state index contributed by atoms with van der Waals surface area (Å²) in [5.74, 6) is 0. The van der Waals surface area contributed by atoms with Crippen molar-refractivity contribution in [3.8, 4) is 0 Å². The van der Waals surface area contributed by atoms with Gasteiger partial charge in [-0.2, -0.15) is 0 Å². The van der Waals surface area contributed by atoms with Gasteiger partial charge in [0.15, 0.2) is 0 Å². The summed E-state index contributed by atoms with van der Waals surface area (Å²) in [5.41, 5.74) is 7.35. The Hall–Kier alpha value is -1.20. The molecule has 19 heavy (non-hydrogen) atoms. The molecule has 0 radical (unpaired) electrons. The third kappa shape index (κ3) is 4.14. The molecule has 2 rings (SSSR count). The topological polar surface area (TPSA) is 54.2 Å². The molecule has 0 aliphatic carbocycles. The van der Waals surface area contributed by atoms with Gasteiger partial charge in [-0.05, 0) is 37.9 Å². The SMILES string of the molecule is CCCN1CCC(Nc2ccnc(C(N)=S)c2)CC1. The molecule has 1 aliphatic heterocycles. The first-order valence-electron chi connectivity index (χ1n) is 6.93. The molecule has 0 spiro atoms. The Morgan fingerprint density at radius 2 is 2.26 bits per heavy atom. The molecule has 4 nitrogen and oxygen atoms in total. The van der Waals surface area contributed by atoms with Gasteiger partial charge in [0.1, 0.15) is 4.99 Å². The van der Waals surface area contributed by atoms with Crippen LogP contribution in [0.2, 0.25) is 0 Å². The van der Waals surface area contributed by atoms with Crippen LogP contribution in [-0.4, -0.2) is 40.5 Å². The molecular weight excluding hydrogens is 256 g/mol. The Bertz CT molecular complexity index is 427.